The molecule has 132 valence electrons. The third-order valence-corrected chi connectivity index (χ3v) is 4.76. The second-order valence-electron chi connectivity index (χ2n) is 6.58. The van der Waals surface area contributed by atoms with Crippen LogP contribution in [0.1, 0.15) is 58.3 Å². The highest BCUT2D eigenvalue weighted by atomic mass is 16.5. The number of carboxylic acids is 1. The van der Waals surface area contributed by atoms with Crippen molar-refractivity contribution in [3.63, 3.8) is 0 Å². The van der Waals surface area contributed by atoms with Crippen LogP contribution in [0.15, 0.2) is 0 Å². The summed E-state index contributed by atoms with van der Waals surface area (Å²) in [7, 11) is 0. The molecule has 2 aliphatic heterocycles. The quantitative estimate of drug-likeness (QED) is 0.776. The number of piperidine rings is 1. The van der Waals surface area contributed by atoms with Crippen LogP contribution in [-0.2, 0) is 19.1 Å². The first kappa shape index (κ1) is 18.2. The molecule has 6 heteroatoms. The number of likely N-dealkylation sites (tertiary alicyclic amines) is 1. The molecule has 3 atom stereocenters. The topological polar surface area (TPSA) is 76.1 Å². The molecule has 0 aromatic carbocycles. The first-order chi connectivity index (χ1) is 11.1. The number of hydrogen-bond donors (Lipinski definition) is 1. The van der Waals surface area contributed by atoms with Crippen molar-refractivity contribution in [3.8, 4) is 0 Å². The van der Waals surface area contributed by atoms with Crippen LogP contribution >= 0.6 is 0 Å². The molecule has 0 radical (unpaired) electrons. The summed E-state index contributed by atoms with van der Waals surface area (Å²) in [5.41, 5.74) is 0. The fraction of sp³-hybridized carbons (Fsp3) is 0.882. The van der Waals surface area contributed by atoms with Gasteiger partial charge in [0.25, 0.3) is 5.91 Å². The third-order valence-electron chi connectivity index (χ3n) is 4.76. The van der Waals surface area contributed by atoms with Gasteiger partial charge < -0.3 is 19.5 Å². The van der Waals surface area contributed by atoms with Crippen LogP contribution in [0.4, 0.5) is 0 Å². The van der Waals surface area contributed by atoms with Crippen molar-refractivity contribution in [2.24, 2.45) is 0 Å². The Balaban J connectivity index is 1.81. The summed E-state index contributed by atoms with van der Waals surface area (Å²) in [6.07, 6.45) is 6.41. The van der Waals surface area contributed by atoms with E-state index in [9.17, 15) is 9.59 Å². The smallest absolute Gasteiger partial charge is 0.303 e. The minimum atomic E-state index is -0.804. The van der Waals surface area contributed by atoms with Crippen LogP contribution in [0.25, 0.3) is 0 Å². The van der Waals surface area contributed by atoms with Crippen molar-refractivity contribution in [1.82, 2.24) is 4.90 Å². The Hall–Kier alpha value is -1.14. The summed E-state index contributed by atoms with van der Waals surface area (Å²) >= 11 is 0. The molecule has 0 spiro atoms. The van der Waals surface area contributed by atoms with Gasteiger partial charge in [0.15, 0.2) is 0 Å². The lowest BCUT2D eigenvalue weighted by Crippen LogP contribution is -2.48. The molecule has 1 amide bonds. The van der Waals surface area contributed by atoms with E-state index >= 15 is 0 Å². The van der Waals surface area contributed by atoms with E-state index in [2.05, 4.69) is 0 Å². The monoisotopic (exact) mass is 327 g/mol. The van der Waals surface area contributed by atoms with E-state index in [1.165, 1.54) is 0 Å². The fourth-order valence-corrected chi connectivity index (χ4v) is 3.38. The van der Waals surface area contributed by atoms with Gasteiger partial charge in [-0.15, -0.1) is 0 Å². The number of carboxylic acid groups (broad SMARTS) is 1. The zero-order valence-corrected chi connectivity index (χ0v) is 14.0. The van der Waals surface area contributed by atoms with E-state index in [4.69, 9.17) is 14.6 Å². The Bertz CT molecular complexity index is 394. The first-order valence-electron chi connectivity index (χ1n) is 8.83. The molecule has 2 fully saturated rings. The number of hydrogen-bond acceptors (Lipinski definition) is 4. The number of aliphatic carboxylic acids is 1. The van der Waals surface area contributed by atoms with Crippen LogP contribution in [-0.4, -0.2) is 59.9 Å². The third kappa shape index (κ3) is 5.77. The molecular formula is C17H29NO5. The van der Waals surface area contributed by atoms with Crippen LogP contribution in [0.3, 0.4) is 0 Å². The summed E-state index contributed by atoms with van der Waals surface area (Å²) in [4.78, 5) is 25.3. The highest BCUT2D eigenvalue weighted by Gasteiger charge is 2.30. The number of ether oxygens (including phenoxy) is 2. The molecule has 2 saturated heterocycles. The van der Waals surface area contributed by atoms with Gasteiger partial charge in [0.1, 0.15) is 6.10 Å². The van der Waals surface area contributed by atoms with Crippen LogP contribution in [0.2, 0.25) is 0 Å². The highest BCUT2D eigenvalue weighted by molar-refractivity contribution is 5.81. The Kier molecular flexibility index (Phi) is 7.30. The van der Waals surface area contributed by atoms with Gasteiger partial charge in [-0.3, -0.25) is 9.59 Å². The summed E-state index contributed by atoms with van der Waals surface area (Å²) in [6.45, 7) is 3.73. The number of amides is 1. The number of carbonyl (C=O) groups excluding carboxylic acids is 1. The van der Waals surface area contributed by atoms with Crippen molar-refractivity contribution < 1.29 is 24.2 Å². The lowest BCUT2D eigenvalue weighted by molar-refractivity contribution is -0.151. The van der Waals surface area contributed by atoms with Crippen molar-refractivity contribution in [2.45, 2.75) is 76.5 Å². The van der Waals surface area contributed by atoms with Gasteiger partial charge in [0, 0.05) is 25.6 Å². The molecule has 2 heterocycles. The Morgan fingerprint density at radius 2 is 2.04 bits per heavy atom. The molecule has 6 nitrogen and oxygen atoms in total. The first-order valence-corrected chi connectivity index (χ1v) is 8.83. The normalized spacial score (nSPS) is 26.7. The summed E-state index contributed by atoms with van der Waals surface area (Å²) in [5.74, 6) is -0.822. The van der Waals surface area contributed by atoms with E-state index in [1.54, 1.807) is 6.92 Å². The zero-order chi connectivity index (χ0) is 16.7. The number of rotatable bonds is 7. The average Bonchev–Trinajstić information content (AvgIpc) is 2.58. The van der Waals surface area contributed by atoms with Crippen molar-refractivity contribution in [2.75, 3.05) is 19.8 Å². The average molecular weight is 327 g/mol. The molecule has 0 aliphatic carbocycles. The largest absolute Gasteiger partial charge is 0.481 e. The molecule has 0 aromatic heterocycles. The van der Waals surface area contributed by atoms with Gasteiger partial charge in [-0.1, -0.05) is 0 Å². The Morgan fingerprint density at radius 3 is 2.74 bits per heavy atom. The SMILES string of the molecule is CC(OCC1CCCCO1)C(=O)N1CCCCC1CCC(=O)O. The zero-order valence-electron chi connectivity index (χ0n) is 14.0. The molecule has 3 unspecified atom stereocenters. The molecule has 1 N–H and O–H groups in total. The van der Waals surface area contributed by atoms with Crippen LogP contribution < -0.4 is 0 Å². The van der Waals surface area contributed by atoms with Crippen molar-refractivity contribution in [3.05, 3.63) is 0 Å². The molecular weight excluding hydrogens is 298 g/mol. The van der Waals surface area contributed by atoms with E-state index in [-0.39, 0.29) is 24.5 Å². The van der Waals surface area contributed by atoms with Gasteiger partial charge in [-0.25, -0.2) is 0 Å². The summed E-state index contributed by atoms with van der Waals surface area (Å²) in [6, 6.07) is 0.0318. The highest BCUT2D eigenvalue weighted by Crippen LogP contribution is 2.22. The van der Waals surface area contributed by atoms with Gasteiger partial charge in [-0.2, -0.15) is 0 Å². The molecule has 2 rings (SSSR count). The fourth-order valence-electron chi connectivity index (χ4n) is 3.38. The van der Waals surface area contributed by atoms with Gasteiger partial charge in [0.05, 0.1) is 12.7 Å². The second-order valence-corrected chi connectivity index (χ2v) is 6.58. The van der Waals surface area contributed by atoms with E-state index in [0.717, 1.165) is 45.1 Å². The maximum atomic E-state index is 12.6. The predicted molar refractivity (Wildman–Crippen MR) is 85.2 cm³/mol. The summed E-state index contributed by atoms with van der Waals surface area (Å²) in [5, 5.41) is 8.86. The second kappa shape index (κ2) is 9.23. The maximum absolute atomic E-state index is 12.6. The van der Waals surface area contributed by atoms with Gasteiger partial charge in [-0.05, 0) is 51.9 Å². The summed E-state index contributed by atoms with van der Waals surface area (Å²) < 4.78 is 11.4. The molecule has 0 bridgehead atoms. The Morgan fingerprint density at radius 1 is 1.26 bits per heavy atom. The van der Waals surface area contributed by atoms with Crippen molar-refractivity contribution >= 4 is 11.9 Å². The molecule has 23 heavy (non-hydrogen) atoms. The lowest BCUT2D eigenvalue weighted by atomic mass is 9.97. The minimum Gasteiger partial charge on any atom is -0.481 e. The minimum absolute atomic E-state index is 0.0177. The molecule has 0 aromatic rings. The number of nitrogens with zero attached hydrogens (tertiary/aromatic N) is 1. The lowest BCUT2D eigenvalue weighted by Gasteiger charge is -2.37. The van der Waals surface area contributed by atoms with Crippen LogP contribution in [0, 0.1) is 0 Å². The van der Waals surface area contributed by atoms with E-state index in [0.29, 0.717) is 19.6 Å². The number of carbonyl (C=O) groups is 2. The van der Waals surface area contributed by atoms with E-state index < -0.39 is 12.1 Å². The predicted octanol–water partition coefficient (Wildman–Crippen LogP) is 2.21. The van der Waals surface area contributed by atoms with Gasteiger partial charge in [0.2, 0.25) is 0 Å². The Labute approximate surface area is 138 Å². The van der Waals surface area contributed by atoms with Crippen molar-refractivity contribution in [1.29, 1.82) is 0 Å². The maximum Gasteiger partial charge on any atom is 0.303 e. The molecule has 2 aliphatic rings. The van der Waals surface area contributed by atoms with E-state index in [1.807, 2.05) is 4.90 Å². The van der Waals surface area contributed by atoms with Gasteiger partial charge >= 0.3 is 5.97 Å². The van der Waals surface area contributed by atoms with Crippen LogP contribution in [0.5, 0.6) is 0 Å². The standard InChI is InChI=1S/C17H29NO5/c1-13(23-12-15-7-3-5-11-22-15)17(21)18-10-4-2-6-14(18)8-9-16(19)20/h13-15H,2-12H2,1H3,(H,19,20). The molecule has 0 saturated carbocycles.